The van der Waals surface area contributed by atoms with Crippen molar-refractivity contribution < 1.29 is 94.8 Å². The number of unbranched alkanes of at least 4 members (excludes halogenated alkanes) is 1. The summed E-state index contributed by atoms with van der Waals surface area (Å²) in [7, 11) is -0.464. The molecule has 12 rings (SSSR count). The number of nitrogens with two attached hydrogens (primary N) is 3. The number of nitrogen functional groups attached to an aromatic ring is 2. The molecule has 5 aliphatic rings. The van der Waals surface area contributed by atoms with Gasteiger partial charge in [-0.25, -0.2) is 42.5 Å². The molecule has 15 atom stereocenters. The summed E-state index contributed by atoms with van der Waals surface area (Å²) in [5.74, 6) is -8.60. The van der Waals surface area contributed by atoms with E-state index in [0.29, 0.717) is 169 Å². The Bertz CT molecular complexity index is 5250. The molecular formula is C93H129N17O20S. The van der Waals surface area contributed by atoms with Crippen molar-refractivity contribution in [2.45, 2.75) is 225 Å². The van der Waals surface area contributed by atoms with Gasteiger partial charge in [0, 0.05) is 139 Å². The molecule has 7 aromatic rings. The lowest BCUT2D eigenvalue weighted by atomic mass is 9.80. The number of sulfonamides is 1. The number of carbonyl (C=O) groups excluding carboxylic acids is 6. The number of carbonyl (C=O) groups is 6. The van der Waals surface area contributed by atoms with Crippen molar-refractivity contribution >= 4 is 85.1 Å². The van der Waals surface area contributed by atoms with E-state index in [0.717, 1.165) is 39.1 Å². The van der Waals surface area contributed by atoms with E-state index in [-0.39, 0.29) is 119 Å². The Morgan fingerprint density at radius 1 is 0.771 bits per heavy atom. The number of anilines is 3. The van der Waals surface area contributed by atoms with E-state index in [1.54, 1.807) is 69.0 Å². The van der Waals surface area contributed by atoms with Gasteiger partial charge < -0.3 is 89.9 Å². The van der Waals surface area contributed by atoms with Gasteiger partial charge in [-0.3, -0.25) is 24.0 Å². The van der Waals surface area contributed by atoms with Crippen LogP contribution in [0.5, 0.6) is 0 Å². The van der Waals surface area contributed by atoms with Gasteiger partial charge in [0.05, 0.1) is 94.0 Å². The summed E-state index contributed by atoms with van der Waals surface area (Å²) >= 11 is 0. The third kappa shape index (κ3) is 26.9. The fourth-order valence-corrected chi connectivity index (χ4v) is 19.1. The summed E-state index contributed by atoms with van der Waals surface area (Å²) in [6.07, 6.45) is 17.0. The minimum Gasteiger partial charge on any atom is -0.459 e. The smallest absolute Gasteiger partial charge is 0.329 e. The highest BCUT2D eigenvalue weighted by molar-refractivity contribution is 7.89. The van der Waals surface area contributed by atoms with Crippen molar-refractivity contribution in [3.8, 4) is 22.4 Å². The number of amides is 2. The number of methoxy groups -OCH3 is 2. The summed E-state index contributed by atoms with van der Waals surface area (Å²) in [4.78, 5) is 110. The predicted molar refractivity (Wildman–Crippen MR) is 487 cm³/mol. The minimum absolute atomic E-state index is 0.00701. The quantitative estimate of drug-likeness (QED) is 0.00938. The molecule has 9 heterocycles. The molecule has 37 nitrogen and oxygen atoms in total. The number of piperazine rings is 1. The maximum absolute atomic E-state index is 14.8. The Morgan fingerprint density at radius 3 is 2.30 bits per heavy atom. The number of rotatable bonds is 32. The highest BCUT2D eigenvalue weighted by Gasteiger charge is 2.53. The number of piperidine rings is 1. The van der Waals surface area contributed by atoms with Gasteiger partial charge in [-0.1, -0.05) is 87.6 Å². The first kappa shape index (κ1) is 99.9. The number of nitrogens with one attached hydrogen (secondary N) is 1. The average molecular weight is 1840 g/mol. The number of fused-ring (bicyclic) bond motifs is 5. The van der Waals surface area contributed by atoms with Crippen LogP contribution in [0.15, 0.2) is 119 Å². The fraction of sp³-hybridized carbons (Fsp3) is 0.591. The molecule has 3 saturated heterocycles. The zero-order valence-corrected chi connectivity index (χ0v) is 77.1. The zero-order valence-electron chi connectivity index (χ0n) is 76.3. The molecule has 1 aliphatic carbocycles. The van der Waals surface area contributed by atoms with Gasteiger partial charge in [0.25, 0.3) is 17.7 Å². The number of ketones is 3. The molecule has 0 unspecified atom stereocenters. The molecule has 0 spiro atoms. The van der Waals surface area contributed by atoms with Crippen molar-refractivity contribution in [3.05, 3.63) is 126 Å². The third-order valence-corrected chi connectivity index (χ3v) is 27.4. The molecule has 1 saturated carbocycles. The van der Waals surface area contributed by atoms with Crippen LogP contribution in [0.25, 0.3) is 44.5 Å². The normalized spacial score (nSPS) is 27.0. The van der Waals surface area contributed by atoms with E-state index < -0.39 is 105 Å². The highest BCUT2D eigenvalue weighted by atomic mass is 32.2. The SMILES string of the molecule is CO[C@H]1C[C@@H]2CC[C@@H](C)[C@@](O)(O2)C(=O)C(=O)N2CCCC[C@H]2C(=O)O[C@H]([C@H](N)C[C@@H]2CC[C@@H](OCc3cccc(-c4cnc(N5CCN(S(=O)(=O)CCc6cn(CCOCCOCCOCCC(=O)NCCCCn7nc(-c8ccc9oc(N)nc9c8)c8c(N)ncnc87)nn6)CC5)nc4)c3)[C@H](OC)C2)CC(=O)[C@H](C)/C=C(\C)[C@@H](O)[C@@H](O)C(=O)[C@H](C)C[C@H](C)/C=C/C=C/C=C/1C. The number of aryl methyl sites for hydroxylation is 2. The number of esters is 1. The topological polar surface area (TPSA) is 497 Å². The molecule has 2 aromatic carbocycles. The number of Topliss-reactive ketones (excluding diaryl/α,β-unsaturated/α-hetero) is 3. The summed E-state index contributed by atoms with van der Waals surface area (Å²) in [6.45, 7) is 15.2. The number of aliphatic hydroxyl groups is 3. The predicted octanol–water partition coefficient (Wildman–Crippen LogP) is 7.33. The number of aliphatic hydroxyl groups excluding tert-OH is 2. The summed E-state index contributed by atoms with van der Waals surface area (Å²) < 4.78 is 85.7. The minimum atomic E-state index is -3.64. The number of cyclic esters (lactones) is 1. The summed E-state index contributed by atoms with van der Waals surface area (Å²) in [5.41, 5.74) is 26.4. The Morgan fingerprint density at radius 2 is 1.53 bits per heavy atom. The average Bonchev–Trinajstić information content (AvgIpc) is 1.53. The number of ether oxygens (including phenoxy) is 8. The second-order valence-electron chi connectivity index (χ2n) is 35.2. The van der Waals surface area contributed by atoms with Gasteiger partial charge in [0.1, 0.15) is 53.5 Å². The van der Waals surface area contributed by atoms with E-state index >= 15 is 0 Å². The van der Waals surface area contributed by atoms with E-state index in [9.17, 15) is 52.5 Å². The molecular weight excluding hydrogens is 1710 g/mol. The molecule has 712 valence electrons. The third-order valence-electron chi connectivity index (χ3n) is 25.5. The Labute approximate surface area is 764 Å². The van der Waals surface area contributed by atoms with Gasteiger partial charge >= 0.3 is 5.97 Å². The Hall–Kier alpha value is -10.1. The lowest BCUT2D eigenvalue weighted by Crippen LogP contribution is -2.61. The van der Waals surface area contributed by atoms with Crippen LogP contribution < -0.4 is 27.4 Å². The van der Waals surface area contributed by atoms with Crippen LogP contribution in [-0.2, 0) is 103 Å². The van der Waals surface area contributed by atoms with Crippen molar-refractivity contribution in [2.75, 3.05) is 115 Å². The number of hydrogen-bond acceptors (Lipinski definition) is 32. The molecule has 38 heteroatoms. The first-order valence-corrected chi connectivity index (χ1v) is 47.3. The van der Waals surface area contributed by atoms with Crippen molar-refractivity contribution in [3.63, 3.8) is 0 Å². The number of aromatic nitrogens is 10. The molecule has 10 N–H and O–H groups in total. The summed E-state index contributed by atoms with van der Waals surface area (Å²) in [5, 5.41) is 51.6. The largest absolute Gasteiger partial charge is 0.459 e. The second kappa shape index (κ2) is 47.5. The second-order valence-corrected chi connectivity index (χ2v) is 37.2. The van der Waals surface area contributed by atoms with E-state index in [4.69, 9.17) is 74.6 Å². The zero-order chi connectivity index (χ0) is 93.5. The number of hydrogen-bond donors (Lipinski definition) is 7. The van der Waals surface area contributed by atoms with Gasteiger partial charge in [-0.05, 0) is 149 Å². The summed E-state index contributed by atoms with van der Waals surface area (Å²) in [6, 6.07) is 11.2. The molecule has 0 radical (unpaired) electrons. The molecule has 5 aromatic heterocycles. The lowest BCUT2D eigenvalue weighted by molar-refractivity contribution is -0.265. The maximum Gasteiger partial charge on any atom is 0.329 e. The fourth-order valence-electron chi connectivity index (χ4n) is 17.7. The standard InChI is InChI=1S/C93H129N17O20S/c1-58-17-10-9-11-18-59(2)77(122-7)51-70-25-22-63(6)93(119,130-70)86(116)89(117)109-31-14-12-21-73(109)90(118)128-78(52-74(111)60(3)46-62(5)84(114)85(115)83(113)61(4)45-58)71(94)48-64-23-26-76(79(49-64)123-8)127-56-65-19-16-20-66(47-65)68-53-98-92(99-54-68)106-33-35-108(36-34-106)131(120,121)44-29-69-55-107(105-103-69)37-39-125-41-43-126-42-40-124-38-28-80(112)97-30-13-15-32-110-88-81(87(95)100-57-101-88)82(104-110)67-24-27-75-72(50-67)102-91(96)129-75/h9-11,16-20,24,27,46-47,50,53-55,57-58,60-61,63-64,70-71,73,76-79,84-85,114-115,119H,12-15,21-23,25-26,28-45,48-49,51-52,56,94H2,1-8H3,(H2,96,102)(H,97,112)(H2,95,100,101)/b11-9+,17-10+,59-18+,62-46+/t58-,60-,61-,63-,64+,70+,71-,73+,76-,77+,78+,79-,84-,85+,93-/m1/s1. The van der Waals surface area contributed by atoms with Crippen LogP contribution in [0, 0.1) is 29.6 Å². The molecule has 2 amide bonds. The van der Waals surface area contributed by atoms with E-state index in [2.05, 4.69) is 30.6 Å². The Kier molecular flexibility index (Phi) is 36.3. The number of nitrogens with zero attached hydrogens (tertiary/aromatic N) is 13. The first-order chi connectivity index (χ1) is 63.0. The number of benzene rings is 2. The van der Waals surface area contributed by atoms with Crippen molar-refractivity contribution in [1.29, 1.82) is 0 Å². The van der Waals surface area contributed by atoms with Gasteiger partial charge in [0.15, 0.2) is 17.0 Å². The van der Waals surface area contributed by atoms with E-state index in [1.807, 2.05) is 85.5 Å². The van der Waals surface area contributed by atoms with Gasteiger partial charge in [-0.15, -0.1) is 5.10 Å². The van der Waals surface area contributed by atoms with Crippen molar-refractivity contribution in [2.24, 2.45) is 35.3 Å². The maximum atomic E-state index is 14.8. The van der Waals surface area contributed by atoms with Crippen LogP contribution in [-0.4, -0.2) is 277 Å². The highest BCUT2D eigenvalue weighted by Crippen LogP contribution is 2.39. The monoisotopic (exact) mass is 1840 g/mol. The Balaban J connectivity index is 0.551. The van der Waals surface area contributed by atoms with Crippen LogP contribution in [0.3, 0.4) is 0 Å². The molecule has 131 heavy (non-hydrogen) atoms. The molecule has 4 fully saturated rings. The van der Waals surface area contributed by atoms with Crippen LogP contribution in [0.2, 0.25) is 0 Å². The van der Waals surface area contributed by atoms with Crippen LogP contribution in [0.1, 0.15) is 149 Å². The van der Waals surface area contributed by atoms with Crippen LogP contribution in [0.4, 0.5) is 17.8 Å². The number of allylic oxidation sites excluding steroid dienone is 6. The first-order valence-electron chi connectivity index (χ1n) is 45.7. The van der Waals surface area contributed by atoms with Gasteiger partial charge in [-0.2, -0.15) is 14.4 Å². The van der Waals surface area contributed by atoms with Crippen LogP contribution >= 0.6 is 0 Å². The van der Waals surface area contributed by atoms with Gasteiger partial charge in [0.2, 0.25) is 27.7 Å². The molecule has 2 bridgehead atoms. The van der Waals surface area contributed by atoms with Crippen molar-refractivity contribution in [1.82, 2.24) is 64.2 Å². The molecule has 4 aliphatic heterocycles. The number of oxazole rings is 1. The lowest BCUT2D eigenvalue weighted by Gasteiger charge is -2.42. The van der Waals surface area contributed by atoms with E-state index in [1.165, 1.54) is 23.6 Å².